The zero-order chi connectivity index (χ0) is 11.3. The third-order valence-corrected chi connectivity index (χ3v) is 3.22. The fourth-order valence-electron chi connectivity index (χ4n) is 2.36. The van der Waals surface area contributed by atoms with Crippen molar-refractivity contribution in [2.24, 2.45) is 5.92 Å². The third-order valence-electron chi connectivity index (χ3n) is 3.22. The van der Waals surface area contributed by atoms with E-state index in [-0.39, 0.29) is 12.6 Å². The minimum Gasteiger partial charge on any atom is -0.395 e. The number of hydrogen-bond donors (Lipinski definition) is 2. The summed E-state index contributed by atoms with van der Waals surface area (Å²) in [7, 11) is 0. The van der Waals surface area contributed by atoms with Gasteiger partial charge in [-0.3, -0.25) is 0 Å². The first-order chi connectivity index (χ1) is 7.15. The van der Waals surface area contributed by atoms with Crippen LogP contribution in [0.25, 0.3) is 0 Å². The lowest BCUT2D eigenvalue weighted by molar-refractivity contribution is 0.189. The van der Waals surface area contributed by atoms with Crippen LogP contribution in [0.1, 0.15) is 33.6 Å². The normalized spacial score (nSPS) is 25.0. The number of likely N-dealkylation sites (tertiary alicyclic amines) is 1. The molecular weight excluding hydrogens is 188 g/mol. The Morgan fingerprint density at radius 1 is 1.47 bits per heavy atom. The number of rotatable bonds is 6. The zero-order valence-electron chi connectivity index (χ0n) is 10.4. The highest BCUT2D eigenvalue weighted by molar-refractivity contribution is 4.79. The van der Waals surface area contributed by atoms with Crippen molar-refractivity contribution in [2.75, 3.05) is 26.2 Å². The van der Waals surface area contributed by atoms with Gasteiger partial charge in [-0.15, -0.1) is 0 Å². The first-order valence-electron chi connectivity index (χ1n) is 6.25. The largest absolute Gasteiger partial charge is 0.395 e. The van der Waals surface area contributed by atoms with Crippen LogP contribution in [0.2, 0.25) is 0 Å². The van der Waals surface area contributed by atoms with Crippen molar-refractivity contribution in [1.82, 2.24) is 10.2 Å². The average Bonchev–Trinajstić information content (AvgIpc) is 2.64. The van der Waals surface area contributed by atoms with Gasteiger partial charge in [-0.2, -0.15) is 0 Å². The van der Waals surface area contributed by atoms with Crippen LogP contribution in [0.5, 0.6) is 0 Å². The molecule has 1 aliphatic heterocycles. The third kappa shape index (κ3) is 4.49. The van der Waals surface area contributed by atoms with Crippen molar-refractivity contribution in [2.45, 2.75) is 45.7 Å². The fourth-order valence-corrected chi connectivity index (χ4v) is 2.36. The highest BCUT2D eigenvalue weighted by Gasteiger charge is 2.23. The van der Waals surface area contributed by atoms with Crippen molar-refractivity contribution in [3.05, 3.63) is 0 Å². The summed E-state index contributed by atoms with van der Waals surface area (Å²) in [5.41, 5.74) is 0. The van der Waals surface area contributed by atoms with Gasteiger partial charge in [-0.1, -0.05) is 27.2 Å². The molecule has 2 unspecified atom stereocenters. The molecule has 3 nitrogen and oxygen atoms in total. The molecule has 3 heteroatoms. The van der Waals surface area contributed by atoms with Gasteiger partial charge in [-0.25, -0.2) is 0 Å². The quantitative estimate of drug-likeness (QED) is 0.694. The number of nitrogens with zero attached hydrogens (tertiary/aromatic N) is 1. The molecule has 1 heterocycles. The predicted octanol–water partition coefficient (Wildman–Crippen LogP) is 1.08. The summed E-state index contributed by atoms with van der Waals surface area (Å²) in [4.78, 5) is 2.48. The van der Waals surface area contributed by atoms with Crippen molar-refractivity contribution < 1.29 is 5.11 Å². The van der Waals surface area contributed by atoms with Gasteiger partial charge in [0.1, 0.15) is 0 Å². The van der Waals surface area contributed by atoms with Crippen LogP contribution in [-0.2, 0) is 0 Å². The standard InChI is InChI=1S/C12H26N2O/c1-4-11-5-6-14(7-11)8-12(9-15)13-10(2)3/h10-13,15H,4-9H2,1-3H3. The van der Waals surface area contributed by atoms with Gasteiger partial charge in [0.05, 0.1) is 6.61 Å². The van der Waals surface area contributed by atoms with Gasteiger partial charge in [-0.05, 0) is 18.9 Å². The maximum Gasteiger partial charge on any atom is 0.0597 e. The van der Waals surface area contributed by atoms with Gasteiger partial charge in [0, 0.05) is 25.2 Å². The summed E-state index contributed by atoms with van der Waals surface area (Å²) in [6.07, 6.45) is 2.62. The number of aliphatic hydroxyl groups excluding tert-OH is 1. The summed E-state index contributed by atoms with van der Waals surface area (Å²) in [6.45, 7) is 10.2. The average molecular weight is 214 g/mol. The van der Waals surface area contributed by atoms with Crippen LogP contribution >= 0.6 is 0 Å². The van der Waals surface area contributed by atoms with E-state index in [1.165, 1.54) is 25.9 Å². The van der Waals surface area contributed by atoms with Gasteiger partial charge in [0.2, 0.25) is 0 Å². The van der Waals surface area contributed by atoms with Gasteiger partial charge in [0.15, 0.2) is 0 Å². The van der Waals surface area contributed by atoms with Crippen molar-refractivity contribution in [1.29, 1.82) is 0 Å². The van der Waals surface area contributed by atoms with Gasteiger partial charge in [0.25, 0.3) is 0 Å². The predicted molar refractivity (Wildman–Crippen MR) is 64.0 cm³/mol. The van der Waals surface area contributed by atoms with E-state index in [0.29, 0.717) is 6.04 Å². The molecule has 1 saturated heterocycles. The van der Waals surface area contributed by atoms with Crippen LogP contribution in [0, 0.1) is 5.92 Å². The topological polar surface area (TPSA) is 35.5 Å². The van der Waals surface area contributed by atoms with E-state index in [0.717, 1.165) is 12.5 Å². The molecule has 0 radical (unpaired) electrons. The first-order valence-corrected chi connectivity index (χ1v) is 6.25. The molecule has 0 saturated carbocycles. The van der Waals surface area contributed by atoms with Crippen molar-refractivity contribution >= 4 is 0 Å². The lowest BCUT2D eigenvalue weighted by Gasteiger charge is -2.25. The Hall–Kier alpha value is -0.120. The summed E-state index contributed by atoms with van der Waals surface area (Å²) in [5, 5.41) is 12.7. The summed E-state index contributed by atoms with van der Waals surface area (Å²) in [5.74, 6) is 0.878. The molecule has 0 aromatic heterocycles. The molecule has 0 aliphatic carbocycles. The van der Waals surface area contributed by atoms with Gasteiger partial charge >= 0.3 is 0 Å². The molecule has 15 heavy (non-hydrogen) atoms. The van der Waals surface area contributed by atoms with Crippen molar-refractivity contribution in [3.8, 4) is 0 Å². The van der Waals surface area contributed by atoms with Crippen LogP contribution in [0.15, 0.2) is 0 Å². The summed E-state index contributed by atoms with van der Waals surface area (Å²) in [6, 6.07) is 0.687. The second-order valence-corrected chi connectivity index (χ2v) is 5.02. The highest BCUT2D eigenvalue weighted by atomic mass is 16.3. The SMILES string of the molecule is CCC1CCN(CC(CO)NC(C)C)C1. The second-order valence-electron chi connectivity index (χ2n) is 5.02. The molecule has 0 aromatic rings. The van der Waals surface area contributed by atoms with Crippen LogP contribution in [0.3, 0.4) is 0 Å². The Morgan fingerprint density at radius 3 is 2.67 bits per heavy atom. The highest BCUT2D eigenvalue weighted by Crippen LogP contribution is 2.18. The van der Waals surface area contributed by atoms with E-state index in [9.17, 15) is 5.11 Å². The van der Waals surface area contributed by atoms with E-state index >= 15 is 0 Å². The maximum atomic E-state index is 9.27. The Morgan fingerprint density at radius 2 is 2.20 bits per heavy atom. The first kappa shape index (κ1) is 12.9. The molecule has 0 aromatic carbocycles. The number of nitrogens with one attached hydrogen (secondary N) is 1. The van der Waals surface area contributed by atoms with E-state index in [1.807, 2.05) is 0 Å². The lowest BCUT2D eigenvalue weighted by atomic mass is 10.1. The molecule has 1 rings (SSSR count). The fraction of sp³-hybridized carbons (Fsp3) is 1.00. The van der Waals surface area contributed by atoms with E-state index in [1.54, 1.807) is 0 Å². The molecule has 0 amide bonds. The smallest absolute Gasteiger partial charge is 0.0597 e. The molecule has 1 aliphatic rings. The molecule has 0 spiro atoms. The zero-order valence-corrected chi connectivity index (χ0v) is 10.4. The number of aliphatic hydroxyl groups is 1. The molecule has 2 atom stereocenters. The molecule has 2 N–H and O–H groups in total. The van der Waals surface area contributed by atoms with Crippen LogP contribution in [0.4, 0.5) is 0 Å². The van der Waals surface area contributed by atoms with Crippen LogP contribution in [-0.4, -0.2) is 48.3 Å². The Labute approximate surface area is 93.9 Å². The monoisotopic (exact) mass is 214 g/mol. The van der Waals surface area contributed by atoms with E-state index < -0.39 is 0 Å². The van der Waals surface area contributed by atoms with Crippen molar-refractivity contribution in [3.63, 3.8) is 0 Å². The Bertz CT molecular complexity index is 173. The Kier molecular flexibility index (Phi) is 5.58. The van der Waals surface area contributed by atoms with Gasteiger partial charge < -0.3 is 15.3 Å². The molecule has 90 valence electrons. The molecular formula is C12H26N2O. The van der Waals surface area contributed by atoms with E-state index in [4.69, 9.17) is 0 Å². The summed E-state index contributed by atoms with van der Waals surface area (Å²) >= 11 is 0. The minimum absolute atomic E-state index is 0.237. The molecule has 0 bridgehead atoms. The molecule has 1 fully saturated rings. The maximum absolute atomic E-state index is 9.27. The minimum atomic E-state index is 0.237. The lowest BCUT2D eigenvalue weighted by Crippen LogP contribution is -2.45. The second kappa shape index (κ2) is 6.46. The Balaban J connectivity index is 2.27. The summed E-state index contributed by atoms with van der Waals surface area (Å²) < 4.78 is 0. The number of hydrogen-bond acceptors (Lipinski definition) is 3. The van der Waals surface area contributed by atoms with Crippen LogP contribution < -0.4 is 5.32 Å². The van der Waals surface area contributed by atoms with E-state index in [2.05, 4.69) is 31.0 Å².